The summed E-state index contributed by atoms with van der Waals surface area (Å²) in [5.74, 6) is -0.274. The lowest BCUT2D eigenvalue weighted by Crippen LogP contribution is -2.45. The van der Waals surface area contributed by atoms with E-state index < -0.39 is 17.7 Å². The van der Waals surface area contributed by atoms with E-state index in [0.29, 0.717) is 30.2 Å². The van der Waals surface area contributed by atoms with Crippen molar-refractivity contribution in [1.82, 2.24) is 15.8 Å². The van der Waals surface area contributed by atoms with Crippen LogP contribution in [0.5, 0.6) is 5.75 Å². The fraction of sp³-hybridized carbons (Fsp3) is 0.316. The summed E-state index contributed by atoms with van der Waals surface area (Å²) in [4.78, 5) is 38.1. The molecule has 1 aliphatic rings. The summed E-state index contributed by atoms with van der Waals surface area (Å²) in [7, 11) is 0. The monoisotopic (exact) mass is 371 g/mol. The lowest BCUT2D eigenvalue weighted by Gasteiger charge is -2.15. The average Bonchev–Trinajstić information content (AvgIpc) is 3.30. The number of nitrogens with one attached hydrogen (secondary N) is 2. The molecule has 2 aromatic rings. The van der Waals surface area contributed by atoms with Crippen LogP contribution in [0.3, 0.4) is 0 Å². The molecule has 0 bridgehead atoms. The van der Waals surface area contributed by atoms with Crippen LogP contribution in [0.15, 0.2) is 47.1 Å². The number of carbonyl (C=O) groups excluding carboxylic acids is 3. The van der Waals surface area contributed by atoms with Gasteiger partial charge in [0.25, 0.3) is 5.91 Å². The van der Waals surface area contributed by atoms with Gasteiger partial charge in [0.15, 0.2) is 0 Å². The van der Waals surface area contributed by atoms with Crippen LogP contribution in [0.1, 0.15) is 29.5 Å². The van der Waals surface area contributed by atoms with E-state index in [9.17, 15) is 14.4 Å². The Morgan fingerprint density at radius 3 is 2.85 bits per heavy atom. The molecule has 0 saturated carbocycles. The van der Waals surface area contributed by atoms with Gasteiger partial charge in [0.2, 0.25) is 11.8 Å². The maximum Gasteiger partial charge on any atom is 0.269 e. The quantitative estimate of drug-likeness (QED) is 0.749. The zero-order chi connectivity index (χ0) is 19.2. The zero-order valence-electron chi connectivity index (χ0n) is 14.9. The minimum absolute atomic E-state index is 0.0994. The van der Waals surface area contributed by atoms with Gasteiger partial charge in [0.1, 0.15) is 11.5 Å². The van der Waals surface area contributed by atoms with Crippen LogP contribution in [0.2, 0.25) is 0 Å². The van der Waals surface area contributed by atoms with E-state index in [4.69, 9.17) is 9.15 Å². The third-order valence-corrected chi connectivity index (χ3v) is 4.22. The zero-order valence-corrected chi connectivity index (χ0v) is 14.9. The van der Waals surface area contributed by atoms with E-state index in [-0.39, 0.29) is 18.9 Å². The second-order valence-electron chi connectivity index (χ2n) is 6.16. The normalized spacial score (nSPS) is 16.3. The van der Waals surface area contributed by atoms with Crippen molar-refractivity contribution in [3.05, 3.63) is 54.0 Å². The number of amides is 3. The molecule has 0 aliphatic carbocycles. The number of benzene rings is 1. The number of carbonyl (C=O) groups is 3. The number of ether oxygens (including phenoxy) is 1. The van der Waals surface area contributed by atoms with Crippen molar-refractivity contribution in [3.8, 4) is 5.75 Å². The van der Waals surface area contributed by atoms with Gasteiger partial charge in [-0.1, -0.05) is 6.07 Å². The van der Waals surface area contributed by atoms with Crippen molar-refractivity contribution < 1.29 is 23.5 Å². The van der Waals surface area contributed by atoms with Gasteiger partial charge in [-0.15, -0.1) is 0 Å². The number of rotatable bonds is 6. The Hall–Kier alpha value is -3.29. The highest BCUT2D eigenvalue weighted by molar-refractivity contribution is 5.96. The van der Waals surface area contributed by atoms with Crippen molar-refractivity contribution in [3.63, 3.8) is 0 Å². The minimum Gasteiger partial charge on any atom is -0.494 e. The van der Waals surface area contributed by atoms with Gasteiger partial charge >= 0.3 is 0 Å². The summed E-state index contributed by atoms with van der Waals surface area (Å²) in [6.45, 7) is 2.95. The molecule has 8 heteroatoms. The Labute approximate surface area is 156 Å². The van der Waals surface area contributed by atoms with Gasteiger partial charge in [-0.2, -0.15) is 0 Å². The number of likely N-dealkylation sites (tertiary alicyclic amines) is 1. The van der Waals surface area contributed by atoms with Crippen LogP contribution in [-0.2, 0) is 16.1 Å². The van der Waals surface area contributed by atoms with E-state index >= 15 is 0 Å². The average molecular weight is 371 g/mol. The van der Waals surface area contributed by atoms with Crippen LogP contribution in [0.4, 0.5) is 0 Å². The van der Waals surface area contributed by atoms with Gasteiger partial charge in [0.05, 0.1) is 25.3 Å². The molecule has 1 saturated heterocycles. The van der Waals surface area contributed by atoms with Gasteiger partial charge in [0, 0.05) is 18.5 Å². The minimum atomic E-state index is -0.525. The smallest absolute Gasteiger partial charge is 0.269 e. The van der Waals surface area contributed by atoms with E-state index in [1.54, 1.807) is 41.3 Å². The standard InChI is InChI=1S/C19H21N3O5/c1-2-26-15-6-3-5-13(9-15)18(24)20-21-19(25)14-10-17(23)22(11-14)12-16-7-4-8-27-16/h3-9,14H,2,10-12H2,1H3,(H,20,24)(H,21,25). The summed E-state index contributed by atoms with van der Waals surface area (Å²) in [5, 5.41) is 0. The second kappa shape index (κ2) is 8.39. The highest BCUT2D eigenvalue weighted by Gasteiger charge is 2.34. The highest BCUT2D eigenvalue weighted by Crippen LogP contribution is 2.20. The van der Waals surface area contributed by atoms with E-state index in [0.717, 1.165) is 0 Å². The number of furan rings is 1. The van der Waals surface area contributed by atoms with Crippen LogP contribution >= 0.6 is 0 Å². The fourth-order valence-electron chi connectivity index (χ4n) is 2.88. The molecule has 27 heavy (non-hydrogen) atoms. The highest BCUT2D eigenvalue weighted by atomic mass is 16.5. The molecule has 3 amide bonds. The molecule has 1 unspecified atom stereocenters. The maximum absolute atomic E-state index is 12.3. The lowest BCUT2D eigenvalue weighted by molar-refractivity contribution is -0.129. The maximum atomic E-state index is 12.3. The molecule has 0 spiro atoms. The Kier molecular flexibility index (Phi) is 5.75. The first kappa shape index (κ1) is 18.5. The summed E-state index contributed by atoms with van der Waals surface area (Å²) in [6, 6.07) is 10.2. The van der Waals surface area contributed by atoms with Crippen LogP contribution in [0.25, 0.3) is 0 Å². The fourth-order valence-corrected chi connectivity index (χ4v) is 2.88. The van der Waals surface area contributed by atoms with E-state index in [1.165, 1.54) is 6.26 Å². The van der Waals surface area contributed by atoms with Crippen molar-refractivity contribution in [2.24, 2.45) is 5.92 Å². The molecule has 2 N–H and O–H groups in total. The summed E-state index contributed by atoms with van der Waals surface area (Å²) in [5.41, 5.74) is 5.13. The molecule has 8 nitrogen and oxygen atoms in total. The summed E-state index contributed by atoms with van der Waals surface area (Å²) in [6.07, 6.45) is 1.64. The van der Waals surface area contributed by atoms with Gasteiger partial charge in [-0.3, -0.25) is 25.2 Å². The SMILES string of the molecule is CCOc1cccc(C(=O)NNC(=O)C2CC(=O)N(Cc3ccco3)C2)c1. The molecule has 1 aliphatic heterocycles. The Balaban J connectivity index is 1.51. The van der Waals surface area contributed by atoms with Crippen LogP contribution in [0, 0.1) is 5.92 Å². The first-order valence-electron chi connectivity index (χ1n) is 8.70. The lowest BCUT2D eigenvalue weighted by atomic mass is 10.1. The van der Waals surface area contributed by atoms with E-state index in [1.807, 2.05) is 6.92 Å². The molecule has 1 fully saturated rings. The van der Waals surface area contributed by atoms with Crippen molar-refractivity contribution >= 4 is 17.7 Å². The van der Waals surface area contributed by atoms with E-state index in [2.05, 4.69) is 10.9 Å². The summed E-state index contributed by atoms with van der Waals surface area (Å²) < 4.78 is 10.6. The molecule has 1 atom stereocenters. The molecule has 3 rings (SSSR count). The number of nitrogens with zero attached hydrogens (tertiary/aromatic N) is 1. The van der Waals surface area contributed by atoms with Crippen molar-refractivity contribution in [2.75, 3.05) is 13.2 Å². The Morgan fingerprint density at radius 1 is 1.26 bits per heavy atom. The molecular weight excluding hydrogens is 350 g/mol. The Morgan fingerprint density at radius 2 is 2.11 bits per heavy atom. The first-order chi connectivity index (χ1) is 13.1. The third-order valence-electron chi connectivity index (χ3n) is 4.22. The largest absolute Gasteiger partial charge is 0.494 e. The molecule has 142 valence electrons. The van der Waals surface area contributed by atoms with Crippen LogP contribution in [-0.4, -0.2) is 35.8 Å². The number of hydrazine groups is 1. The van der Waals surface area contributed by atoms with Crippen molar-refractivity contribution in [2.45, 2.75) is 19.9 Å². The second-order valence-corrected chi connectivity index (χ2v) is 6.16. The molecule has 1 aromatic carbocycles. The topological polar surface area (TPSA) is 101 Å². The van der Waals surface area contributed by atoms with Crippen LogP contribution < -0.4 is 15.6 Å². The predicted molar refractivity (Wildman–Crippen MR) is 95.5 cm³/mol. The third kappa shape index (κ3) is 4.66. The van der Waals surface area contributed by atoms with Gasteiger partial charge < -0.3 is 14.1 Å². The molecule has 1 aromatic heterocycles. The van der Waals surface area contributed by atoms with Gasteiger partial charge in [-0.25, -0.2) is 0 Å². The first-order valence-corrected chi connectivity index (χ1v) is 8.70. The predicted octanol–water partition coefficient (Wildman–Crippen LogP) is 1.49. The van der Waals surface area contributed by atoms with Gasteiger partial charge in [-0.05, 0) is 37.3 Å². The number of hydrogen-bond acceptors (Lipinski definition) is 5. The molecule has 2 heterocycles. The summed E-state index contributed by atoms with van der Waals surface area (Å²) >= 11 is 0. The molecule has 0 radical (unpaired) electrons. The Bertz CT molecular complexity index is 819. The van der Waals surface area contributed by atoms with Crippen molar-refractivity contribution in [1.29, 1.82) is 0 Å². The number of hydrogen-bond donors (Lipinski definition) is 2. The molecular formula is C19H21N3O5.